The van der Waals surface area contributed by atoms with Crippen molar-refractivity contribution in [3.8, 4) is 5.75 Å². The zero-order valence-corrected chi connectivity index (χ0v) is 17.8. The van der Waals surface area contributed by atoms with E-state index < -0.39 is 10.0 Å². The van der Waals surface area contributed by atoms with Crippen molar-refractivity contribution >= 4 is 15.9 Å². The number of amides is 1. The highest BCUT2D eigenvalue weighted by Gasteiger charge is 2.22. The van der Waals surface area contributed by atoms with Crippen molar-refractivity contribution < 1.29 is 22.3 Å². The second-order valence-electron chi connectivity index (χ2n) is 6.50. The van der Waals surface area contributed by atoms with Crippen LogP contribution in [0.25, 0.3) is 0 Å². The summed E-state index contributed by atoms with van der Waals surface area (Å²) in [6.45, 7) is 5.22. The molecule has 0 unspecified atom stereocenters. The molecule has 0 fully saturated rings. The van der Waals surface area contributed by atoms with E-state index in [0.29, 0.717) is 44.0 Å². The number of carbonyl (C=O) groups is 1. The summed E-state index contributed by atoms with van der Waals surface area (Å²) in [5, 5.41) is 0. The van der Waals surface area contributed by atoms with E-state index in [2.05, 4.69) is 0 Å². The Bertz CT molecular complexity index is 895. The van der Waals surface area contributed by atoms with Crippen molar-refractivity contribution in [2.75, 3.05) is 33.3 Å². The molecule has 2 rings (SSSR count). The minimum Gasteiger partial charge on any atom is -0.494 e. The second-order valence-corrected chi connectivity index (χ2v) is 8.43. The van der Waals surface area contributed by atoms with Gasteiger partial charge in [-0.05, 0) is 55.0 Å². The zero-order valence-electron chi connectivity index (χ0n) is 17.0. The number of halogens is 1. The number of hydrogen-bond acceptors (Lipinski definition) is 4. The highest BCUT2D eigenvalue weighted by atomic mass is 32.2. The molecule has 1 amide bonds. The standard InChI is InChI=1S/C21H27FN2O4S/c1-4-24(5-2)29(26,27)20-13-7-17(8-14-20)21(25)23(3)15-6-16-28-19-11-9-18(22)10-12-19/h7-14H,4-6,15-16H2,1-3H3. The summed E-state index contributed by atoms with van der Waals surface area (Å²) in [6.07, 6.45) is 0.605. The lowest BCUT2D eigenvalue weighted by atomic mass is 10.2. The Kier molecular flexibility index (Phi) is 8.16. The number of carbonyl (C=O) groups excluding carboxylic acids is 1. The fourth-order valence-corrected chi connectivity index (χ4v) is 4.28. The molecule has 0 saturated heterocycles. The number of rotatable bonds is 10. The maximum atomic E-state index is 12.9. The molecule has 0 aliphatic carbocycles. The summed E-state index contributed by atoms with van der Waals surface area (Å²) < 4.78 is 44.8. The molecule has 8 heteroatoms. The molecule has 0 aliphatic rings. The second kappa shape index (κ2) is 10.4. The monoisotopic (exact) mass is 422 g/mol. The number of hydrogen-bond donors (Lipinski definition) is 0. The SMILES string of the molecule is CCN(CC)S(=O)(=O)c1ccc(C(=O)N(C)CCCOc2ccc(F)cc2)cc1. The predicted molar refractivity (Wildman–Crippen MR) is 110 cm³/mol. The van der Waals surface area contributed by atoms with Crippen LogP contribution in [-0.2, 0) is 10.0 Å². The van der Waals surface area contributed by atoms with Gasteiger partial charge in [0.05, 0.1) is 11.5 Å². The van der Waals surface area contributed by atoms with E-state index in [-0.39, 0.29) is 16.6 Å². The van der Waals surface area contributed by atoms with Crippen LogP contribution in [0.2, 0.25) is 0 Å². The lowest BCUT2D eigenvalue weighted by Crippen LogP contribution is -2.31. The molecular weight excluding hydrogens is 395 g/mol. The van der Waals surface area contributed by atoms with Gasteiger partial charge in [0.2, 0.25) is 10.0 Å². The predicted octanol–water partition coefficient (Wildman–Crippen LogP) is 3.40. The van der Waals surface area contributed by atoms with Crippen LogP contribution in [0.5, 0.6) is 5.75 Å². The van der Waals surface area contributed by atoms with Crippen LogP contribution in [0.3, 0.4) is 0 Å². The van der Waals surface area contributed by atoms with Crippen molar-refractivity contribution in [3.63, 3.8) is 0 Å². The average molecular weight is 423 g/mol. The van der Waals surface area contributed by atoms with Crippen molar-refractivity contribution in [2.45, 2.75) is 25.2 Å². The van der Waals surface area contributed by atoms with Gasteiger partial charge in [-0.15, -0.1) is 0 Å². The smallest absolute Gasteiger partial charge is 0.253 e. The Labute approximate surface area is 171 Å². The average Bonchev–Trinajstić information content (AvgIpc) is 2.72. The molecule has 0 aliphatic heterocycles. The Morgan fingerprint density at radius 1 is 1.00 bits per heavy atom. The molecule has 0 atom stereocenters. The van der Waals surface area contributed by atoms with Crippen LogP contribution in [0.15, 0.2) is 53.4 Å². The van der Waals surface area contributed by atoms with Gasteiger partial charge in [-0.1, -0.05) is 13.8 Å². The van der Waals surface area contributed by atoms with Gasteiger partial charge in [-0.3, -0.25) is 4.79 Å². The van der Waals surface area contributed by atoms with E-state index in [9.17, 15) is 17.6 Å². The fraction of sp³-hybridized carbons (Fsp3) is 0.381. The Morgan fingerprint density at radius 2 is 1.59 bits per heavy atom. The van der Waals surface area contributed by atoms with Gasteiger partial charge in [0.15, 0.2) is 0 Å². The Morgan fingerprint density at radius 3 is 2.14 bits per heavy atom. The summed E-state index contributed by atoms with van der Waals surface area (Å²) in [4.78, 5) is 14.3. The maximum absolute atomic E-state index is 12.9. The Hall–Kier alpha value is -2.45. The van der Waals surface area contributed by atoms with Crippen LogP contribution in [0.1, 0.15) is 30.6 Å². The van der Waals surface area contributed by atoms with Crippen LogP contribution in [0.4, 0.5) is 4.39 Å². The quantitative estimate of drug-likeness (QED) is 0.551. The van der Waals surface area contributed by atoms with Gasteiger partial charge >= 0.3 is 0 Å². The zero-order chi connectivity index (χ0) is 21.4. The van der Waals surface area contributed by atoms with Gasteiger partial charge in [0, 0.05) is 32.2 Å². The molecule has 2 aromatic rings. The summed E-state index contributed by atoms with van der Waals surface area (Å²) in [6, 6.07) is 11.8. The van der Waals surface area contributed by atoms with Gasteiger partial charge in [0.1, 0.15) is 11.6 Å². The van der Waals surface area contributed by atoms with Crippen molar-refractivity contribution in [2.24, 2.45) is 0 Å². The Balaban J connectivity index is 1.89. The van der Waals surface area contributed by atoms with Gasteiger partial charge in [-0.2, -0.15) is 4.31 Å². The van der Waals surface area contributed by atoms with E-state index in [1.54, 1.807) is 37.9 Å². The number of ether oxygens (including phenoxy) is 1. The number of benzene rings is 2. The van der Waals surface area contributed by atoms with Crippen LogP contribution in [-0.4, -0.2) is 56.8 Å². The van der Waals surface area contributed by atoms with Gasteiger partial charge in [-0.25, -0.2) is 12.8 Å². The third-order valence-corrected chi connectivity index (χ3v) is 6.58. The number of nitrogens with zero attached hydrogens (tertiary/aromatic N) is 2. The van der Waals surface area contributed by atoms with Crippen LogP contribution in [0, 0.1) is 5.82 Å². The summed E-state index contributed by atoms with van der Waals surface area (Å²) >= 11 is 0. The number of sulfonamides is 1. The first-order valence-electron chi connectivity index (χ1n) is 9.53. The molecule has 0 bridgehead atoms. The van der Waals surface area contributed by atoms with Crippen LogP contribution < -0.4 is 4.74 Å². The maximum Gasteiger partial charge on any atom is 0.253 e. The molecule has 158 valence electrons. The normalized spacial score (nSPS) is 11.5. The third kappa shape index (κ3) is 6.01. The summed E-state index contributed by atoms with van der Waals surface area (Å²) in [5.74, 6) is 0.0579. The van der Waals surface area contributed by atoms with E-state index in [0.717, 1.165) is 0 Å². The lowest BCUT2D eigenvalue weighted by Gasteiger charge is -2.19. The molecule has 0 N–H and O–H groups in total. The molecule has 6 nitrogen and oxygen atoms in total. The molecule has 29 heavy (non-hydrogen) atoms. The molecule has 0 radical (unpaired) electrons. The van der Waals surface area contributed by atoms with E-state index >= 15 is 0 Å². The summed E-state index contributed by atoms with van der Waals surface area (Å²) in [7, 11) is -1.86. The van der Waals surface area contributed by atoms with Crippen molar-refractivity contribution in [3.05, 3.63) is 59.9 Å². The molecule has 0 heterocycles. The highest BCUT2D eigenvalue weighted by Crippen LogP contribution is 2.17. The van der Waals surface area contributed by atoms with Crippen LogP contribution >= 0.6 is 0 Å². The molecule has 0 aromatic heterocycles. The minimum absolute atomic E-state index is 0.174. The van der Waals surface area contributed by atoms with E-state index in [1.807, 2.05) is 0 Å². The lowest BCUT2D eigenvalue weighted by molar-refractivity contribution is 0.0787. The third-order valence-electron chi connectivity index (χ3n) is 4.51. The largest absolute Gasteiger partial charge is 0.494 e. The highest BCUT2D eigenvalue weighted by molar-refractivity contribution is 7.89. The molecular formula is C21H27FN2O4S. The molecule has 0 saturated carbocycles. The van der Waals surface area contributed by atoms with E-state index in [4.69, 9.17) is 4.74 Å². The van der Waals surface area contributed by atoms with Gasteiger partial charge in [0.25, 0.3) is 5.91 Å². The first-order chi connectivity index (χ1) is 13.8. The van der Waals surface area contributed by atoms with Gasteiger partial charge < -0.3 is 9.64 Å². The van der Waals surface area contributed by atoms with Crippen molar-refractivity contribution in [1.82, 2.24) is 9.21 Å². The van der Waals surface area contributed by atoms with E-state index in [1.165, 1.54) is 40.7 Å². The van der Waals surface area contributed by atoms with Crippen molar-refractivity contribution in [1.29, 1.82) is 0 Å². The minimum atomic E-state index is -3.54. The first-order valence-corrected chi connectivity index (χ1v) is 11.0. The molecule has 2 aromatic carbocycles. The fourth-order valence-electron chi connectivity index (χ4n) is 2.83. The molecule has 0 spiro atoms. The topological polar surface area (TPSA) is 66.9 Å². The first kappa shape index (κ1) is 22.8. The summed E-state index contributed by atoms with van der Waals surface area (Å²) in [5.41, 5.74) is 0.422.